The normalized spacial score (nSPS) is 17.0. The number of alkyl halides is 3. The molecule has 0 aliphatic carbocycles. The molecule has 2 aliphatic heterocycles. The number of benzene rings is 1. The number of rotatable bonds is 5. The Morgan fingerprint density at radius 3 is 2.62 bits per heavy atom. The van der Waals surface area contributed by atoms with Gasteiger partial charge in [-0.05, 0) is 38.0 Å². The second kappa shape index (κ2) is 8.06. The SMILES string of the molecule is Cc1cc(C(F)(F)F)nc(CCNC2CCN(c3ccc4c(c3)OCO4)CC2)n1. The van der Waals surface area contributed by atoms with E-state index >= 15 is 0 Å². The third-order valence-electron chi connectivity index (χ3n) is 5.19. The van der Waals surface area contributed by atoms with Gasteiger partial charge in [-0.1, -0.05) is 0 Å². The number of aryl methyl sites for hydroxylation is 1. The summed E-state index contributed by atoms with van der Waals surface area (Å²) in [4.78, 5) is 10.1. The number of nitrogens with one attached hydrogen (secondary N) is 1. The lowest BCUT2D eigenvalue weighted by Gasteiger charge is -2.34. The lowest BCUT2D eigenvalue weighted by atomic mass is 10.0. The topological polar surface area (TPSA) is 59.5 Å². The van der Waals surface area contributed by atoms with Crippen LogP contribution < -0.4 is 19.7 Å². The molecule has 1 saturated heterocycles. The van der Waals surface area contributed by atoms with Crippen LogP contribution in [0, 0.1) is 6.92 Å². The van der Waals surface area contributed by atoms with Crippen LogP contribution in [0.1, 0.15) is 30.1 Å². The number of nitrogens with zero attached hydrogens (tertiary/aromatic N) is 3. The number of anilines is 1. The number of hydrogen-bond donors (Lipinski definition) is 1. The van der Waals surface area contributed by atoms with Gasteiger partial charge >= 0.3 is 6.18 Å². The van der Waals surface area contributed by atoms with E-state index in [0.29, 0.717) is 24.7 Å². The molecule has 0 atom stereocenters. The predicted octanol–water partition coefficient (Wildman–Crippen LogP) is 3.33. The second-order valence-electron chi connectivity index (χ2n) is 7.31. The first-order valence-electron chi connectivity index (χ1n) is 9.68. The van der Waals surface area contributed by atoms with E-state index in [4.69, 9.17) is 9.47 Å². The number of piperidine rings is 1. The highest BCUT2D eigenvalue weighted by Crippen LogP contribution is 2.36. The molecule has 4 rings (SSSR count). The van der Waals surface area contributed by atoms with Crippen molar-refractivity contribution < 1.29 is 22.6 Å². The molecule has 2 aromatic rings. The van der Waals surface area contributed by atoms with Crippen molar-refractivity contribution in [2.75, 3.05) is 31.3 Å². The molecule has 0 bridgehead atoms. The van der Waals surface area contributed by atoms with Crippen molar-refractivity contribution in [1.29, 1.82) is 0 Å². The van der Waals surface area contributed by atoms with Crippen LogP contribution in [0.4, 0.5) is 18.9 Å². The zero-order valence-electron chi connectivity index (χ0n) is 16.1. The zero-order chi connectivity index (χ0) is 20.4. The summed E-state index contributed by atoms with van der Waals surface area (Å²) in [7, 11) is 0. The molecule has 6 nitrogen and oxygen atoms in total. The first kappa shape index (κ1) is 19.8. The minimum Gasteiger partial charge on any atom is -0.454 e. The number of hydrogen-bond acceptors (Lipinski definition) is 6. The van der Waals surface area contributed by atoms with Gasteiger partial charge in [-0.25, -0.2) is 9.97 Å². The minimum atomic E-state index is -4.45. The largest absolute Gasteiger partial charge is 0.454 e. The van der Waals surface area contributed by atoms with Gasteiger partial charge in [-0.2, -0.15) is 13.2 Å². The van der Waals surface area contributed by atoms with Gasteiger partial charge in [-0.3, -0.25) is 0 Å². The Hall–Kier alpha value is -2.55. The number of fused-ring (bicyclic) bond motifs is 1. The van der Waals surface area contributed by atoms with Crippen molar-refractivity contribution in [2.24, 2.45) is 0 Å². The van der Waals surface area contributed by atoms with Crippen LogP contribution in [0.15, 0.2) is 24.3 Å². The van der Waals surface area contributed by atoms with Gasteiger partial charge < -0.3 is 19.7 Å². The van der Waals surface area contributed by atoms with E-state index < -0.39 is 11.9 Å². The summed E-state index contributed by atoms with van der Waals surface area (Å²) in [6, 6.07) is 7.27. The smallest absolute Gasteiger partial charge is 0.433 e. The van der Waals surface area contributed by atoms with Crippen molar-refractivity contribution in [3.63, 3.8) is 0 Å². The quantitative estimate of drug-likeness (QED) is 0.819. The van der Waals surface area contributed by atoms with Crippen molar-refractivity contribution in [3.05, 3.63) is 41.5 Å². The maximum Gasteiger partial charge on any atom is 0.433 e. The molecule has 1 fully saturated rings. The van der Waals surface area contributed by atoms with Crippen molar-refractivity contribution in [1.82, 2.24) is 15.3 Å². The maximum absolute atomic E-state index is 12.9. The summed E-state index contributed by atoms with van der Waals surface area (Å²) in [5, 5.41) is 3.43. The van der Waals surface area contributed by atoms with E-state index in [1.165, 1.54) is 0 Å². The van der Waals surface area contributed by atoms with Gasteiger partial charge in [0.15, 0.2) is 11.5 Å². The molecule has 156 valence electrons. The molecule has 29 heavy (non-hydrogen) atoms. The van der Waals surface area contributed by atoms with Crippen LogP contribution >= 0.6 is 0 Å². The minimum absolute atomic E-state index is 0.225. The molecule has 0 amide bonds. The van der Waals surface area contributed by atoms with Gasteiger partial charge in [-0.15, -0.1) is 0 Å². The van der Waals surface area contributed by atoms with Crippen LogP contribution in [-0.4, -0.2) is 42.4 Å². The fourth-order valence-electron chi connectivity index (χ4n) is 3.70. The van der Waals surface area contributed by atoms with E-state index in [0.717, 1.165) is 49.2 Å². The van der Waals surface area contributed by atoms with Crippen LogP contribution in [0.2, 0.25) is 0 Å². The van der Waals surface area contributed by atoms with Crippen LogP contribution in [0.25, 0.3) is 0 Å². The Kier molecular flexibility index (Phi) is 5.49. The Bertz CT molecular complexity index is 867. The number of ether oxygens (including phenoxy) is 2. The van der Waals surface area contributed by atoms with Gasteiger partial charge in [0.05, 0.1) is 0 Å². The Morgan fingerprint density at radius 2 is 1.86 bits per heavy atom. The first-order chi connectivity index (χ1) is 13.9. The van der Waals surface area contributed by atoms with E-state index in [-0.39, 0.29) is 12.6 Å². The zero-order valence-corrected chi connectivity index (χ0v) is 16.1. The summed E-state index contributed by atoms with van der Waals surface area (Å²) in [5.41, 5.74) is 0.567. The molecule has 1 aromatic carbocycles. The van der Waals surface area contributed by atoms with Crippen molar-refractivity contribution >= 4 is 5.69 Å². The molecule has 1 aromatic heterocycles. The van der Waals surface area contributed by atoms with Gasteiger partial charge in [0.25, 0.3) is 0 Å². The fourth-order valence-corrected chi connectivity index (χ4v) is 3.70. The molecular weight excluding hydrogens is 385 g/mol. The maximum atomic E-state index is 12.9. The third-order valence-corrected chi connectivity index (χ3v) is 5.19. The predicted molar refractivity (Wildman–Crippen MR) is 101 cm³/mol. The second-order valence-corrected chi connectivity index (χ2v) is 7.31. The highest BCUT2D eigenvalue weighted by Gasteiger charge is 2.33. The standard InChI is InChI=1S/C20H23F3N4O2/c1-13-10-18(20(21,22)23)26-19(25-13)4-7-24-14-5-8-27(9-6-14)15-2-3-16-17(11-15)29-12-28-16/h2-3,10-11,14,24H,4-9,12H2,1H3. The highest BCUT2D eigenvalue weighted by atomic mass is 19.4. The van der Waals surface area contributed by atoms with Crippen molar-refractivity contribution in [3.8, 4) is 11.5 Å². The summed E-state index contributed by atoms with van der Waals surface area (Å²) in [5.74, 6) is 1.78. The molecule has 9 heteroatoms. The molecule has 0 radical (unpaired) electrons. The van der Waals surface area contributed by atoms with Crippen LogP contribution in [0.3, 0.4) is 0 Å². The lowest BCUT2D eigenvalue weighted by Crippen LogP contribution is -2.43. The summed E-state index contributed by atoms with van der Waals surface area (Å²) >= 11 is 0. The van der Waals surface area contributed by atoms with E-state index in [1.807, 2.05) is 18.2 Å². The molecule has 0 saturated carbocycles. The highest BCUT2D eigenvalue weighted by molar-refractivity contribution is 5.57. The van der Waals surface area contributed by atoms with Crippen molar-refractivity contribution in [2.45, 2.75) is 38.4 Å². The van der Waals surface area contributed by atoms with Crippen LogP contribution in [-0.2, 0) is 12.6 Å². The summed E-state index contributed by atoms with van der Waals surface area (Å²) < 4.78 is 49.4. The number of aromatic nitrogens is 2. The average molecular weight is 408 g/mol. The van der Waals surface area contributed by atoms with Gasteiger partial charge in [0.2, 0.25) is 6.79 Å². The molecule has 0 unspecified atom stereocenters. The Morgan fingerprint density at radius 1 is 1.10 bits per heavy atom. The lowest BCUT2D eigenvalue weighted by molar-refractivity contribution is -0.141. The molecular formula is C20H23F3N4O2. The first-order valence-corrected chi connectivity index (χ1v) is 9.68. The Labute approximate surface area is 167 Å². The van der Waals surface area contributed by atoms with Gasteiger partial charge in [0, 0.05) is 49.5 Å². The number of halogens is 3. The molecule has 1 N–H and O–H groups in total. The monoisotopic (exact) mass is 408 g/mol. The summed E-state index contributed by atoms with van der Waals surface area (Å²) in [6.07, 6.45) is -2.17. The van der Waals surface area contributed by atoms with E-state index in [9.17, 15) is 13.2 Å². The fraction of sp³-hybridized carbons (Fsp3) is 0.500. The van der Waals surface area contributed by atoms with E-state index in [2.05, 4.69) is 20.2 Å². The van der Waals surface area contributed by atoms with Gasteiger partial charge in [0.1, 0.15) is 11.5 Å². The van der Waals surface area contributed by atoms with Crippen LogP contribution in [0.5, 0.6) is 11.5 Å². The molecule has 2 aliphatic rings. The average Bonchev–Trinajstić information content (AvgIpc) is 3.15. The summed E-state index contributed by atoms with van der Waals surface area (Å²) in [6.45, 7) is 4.17. The third kappa shape index (κ3) is 4.72. The molecule has 3 heterocycles. The molecule has 0 spiro atoms. The van der Waals surface area contributed by atoms with E-state index in [1.54, 1.807) is 6.92 Å². The Balaban J connectivity index is 1.26.